The molecule has 0 N–H and O–H groups in total. The van der Waals surface area contributed by atoms with E-state index in [1.807, 2.05) is 13.8 Å². The molecule has 0 spiro atoms. The Bertz CT molecular complexity index is 433. The summed E-state index contributed by atoms with van der Waals surface area (Å²) in [6.07, 6.45) is 3.29. The molecule has 0 aromatic rings. The van der Waals surface area contributed by atoms with E-state index in [0.29, 0.717) is 6.42 Å². The number of rotatable bonds is 1. The van der Waals surface area contributed by atoms with Crippen LogP contribution in [-0.4, -0.2) is 31.5 Å². The summed E-state index contributed by atoms with van der Waals surface area (Å²) in [5, 5.41) is 0.184. The zero-order chi connectivity index (χ0) is 10.7. The molecule has 78 valence electrons. The molecule has 2 rings (SSSR count). The highest BCUT2D eigenvalue weighted by Gasteiger charge is 2.53. The molecular weight excluding hydrogens is 202 g/mol. The van der Waals surface area contributed by atoms with Gasteiger partial charge in [-0.25, -0.2) is 8.42 Å². The van der Waals surface area contributed by atoms with Gasteiger partial charge in [0.15, 0.2) is 9.84 Å². The summed E-state index contributed by atoms with van der Waals surface area (Å²) in [6.45, 7) is 3.91. The zero-order valence-corrected chi connectivity index (χ0v) is 9.26. The van der Waals surface area contributed by atoms with Gasteiger partial charge in [0.25, 0.3) is 0 Å². The van der Waals surface area contributed by atoms with Crippen LogP contribution in [0.15, 0.2) is 11.1 Å². The smallest absolute Gasteiger partial charge is 0.229 e. The molecule has 2 aliphatic heterocycles. The van der Waals surface area contributed by atoms with Gasteiger partial charge in [0.05, 0.1) is 6.04 Å². The van der Waals surface area contributed by atoms with Crippen molar-refractivity contribution in [2.24, 2.45) is 5.41 Å². The fourth-order valence-electron chi connectivity index (χ4n) is 2.06. The molecular formula is C9H13NO3S. The Kier molecular flexibility index (Phi) is 1.66. The van der Waals surface area contributed by atoms with Crippen molar-refractivity contribution < 1.29 is 13.2 Å². The van der Waals surface area contributed by atoms with E-state index < -0.39 is 9.84 Å². The predicted molar refractivity (Wildman–Crippen MR) is 52.0 cm³/mol. The predicted octanol–water partition coefficient (Wildman–Crippen LogP) is 0.513. The van der Waals surface area contributed by atoms with Crippen molar-refractivity contribution in [1.29, 1.82) is 0 Å². The van der Waals surface area contributed by atoms with Crippen LogP contribution in [0, 0.1) is 5.41 Å². The molecule has 1 amide bonds. The average Bonchev–Trinajstić information content (AvgIpc) is 2.17. The molecule has 0 aliphatic carbocycles. The highest BCUT2D eigenvalue weighted by molar-refractivity contribution is 7.94. The second kappa shape index (κ2) is 2.39. The summed E-state index contributed by atoms with van der Waals surface area (Å²) in [5.41, 5.74) is -0.216. The second-order valence-corrected chi connectivity index (χ2v) is 6.52. The van der Waals surface area contributed by atoms with Crippen LogP contribution in [0.2, 0.25) is 0 Å². The number of nitrogens with zero attached hydrogens (tertiary/aromatic N) is 1. The van der Waals surface area contributed by atoms with E-state index in [1.165, 1.54) is 4.90 Å². The minimum absolute atomic E-state index is 0.0414. The Balaban J connectivity index is 2.48. The maximum Gasteiger partial charge on any atom is 0.229 e. The first kappa shape index (κ1) is 9.71. The van der Waals surface area contributed by atoms with E-state index in [4.69, 9.17) is 0 Å². The average molecular weight is 215 g/mol. The fourth-order valence-corrected chi connectivity index (χ4v) is 3.16. The van der Waals surface area contributed by atoms with Crippen LogP contribution in [0.25, 0.3) is 0 Å². The first-order chi connectivity index (χ1) is 6.23. The summed E-state index contributed by atoms with van der Waals surface area (Å²) >= 11 is 0. The third kappa shape index (κ3) is 1.11. The number of carbonyl (C=O) groups is 1. The van der Waals surface area contributed by atoms with Crippen molar-refractivity contribution in [2.45, 2.75) is 26.3 Å². The lowest BCUT2D eigenvalue weighted by molar-refractivity contribution is -0.143. The highest BCUT2D eigenvalue weighted by Crippen LogP contribution is 2.46. The molecule has 0 aromatic heterocycles. The van der Waals surface area contributed by atoms with Gasteiger partial charge in [0.2, 0.25) is 5.91 Å². The van der Waals surface area contributed by atoms with Crippen LogP contribution in [0.1, 0.15) is 20.3 Å². The molecule has 2 heterocycles. The summed E-state index contributed by atoms with van der Waals surface area (Å²) < 4.78 is 22.8. The van der Waals surface area contributed by atoms with Gasteiger partial charge in [-0.1, -0.05) is 13.8 Å². The van der Waals surface area contributed by atoms with Crippen molar-refractivity contribution >= 4 is 15.7 Å². The van der Waals surface area contributed by atoms with Gasteiger partial charge in [-0.15, -0.1) is 0 Å². The molecule has 5 heteroatoms. The van der Waals surface area contributed by atoms with Gasteiger partial charge < -0.3 is 0 Å². The molecule has 1 saturated heterocycles. The molecule has 0 radical (unpaired) electrons. The summed E-state index contributed by atoms with van der Waals surface area (Å²) in [4.78, 5) is 12.7. The summed E-state index contributed by atoms with van der Waals surface area (Å²) in [7, 11) is -3.27. The van der Waals surface area contributed by atoms with Crippen LogP contribution in [0.4, 0.5) is 0 Å². The van der Waals surface area contributed by atoms with Gasteiger partial charge in [0, 0.05) is 18.1 Å². The second-order valence-electron chi connectivity index (χ2n) is 4.56. The van der Waals surface area contributed by atoms with Gasteiger partial charge in [-0.2, -0.15) is 0 Å². The largest absolute Gasteiger partial charge is 0.298 e. The molecule has 2 aliphatic rings. The lowest BCUT2D eigenvalue weighted by Crippen LogP contribution is -2.54. The first-order valence-electron chi connectivity index (χ1n) is 4.48. The number of hydrogen-bond donors (Lipinski definition) is 0. The van der Waals surface area contributed by atoms with Crippen molar-refractivity contribution in [1.82, 2.24) is 4.90 Å². The molecule has 14 heavy (non-hydrogen) atoms. The van der Waals surface area contributed by atoms with E-state index in [-0.39, 0.29) is 22.4 Å². The van der Waals surface area contributed by atoms with Crippen LogP contribution in [-0.2, 0) is 14.6 Å². The minimum atomic E-state index is -3.27. The maximum absolute atomic E-state index is 11.4. The first-order valence-corrected chi connectivity index (χ1v) is 6.37. The minimum Gasteiger partial charge on any atom is -0.298 e. The summed E-state index contributed by atoms with van der Waals surface area (Å²) in [6, 6.07) is 0.0414. The highest BCUT2D eigenvalue weighted by atomic mass is 32.2. The van der Waals surface area contributed by atoms with Crippen molar-refractivity contribution in [3.05, 3.63) is 11.1 Å². The van der Waals surface area contributed by atoms with E-state index in [0.717, 1.165) is 6.26 Å². The van der Waals surface area contributed by atoms with E-state index in [1.54, 1.807) is 6.08 Å². The SMILES string of the molecule is CC1(C)C=C(S(C)(=O)=O)N2C(=O)CC21. The van der Waals surface area contributed by atoms with Crippen molar-refractivity contribution in [3.8, 4) is 0 Å². The Morgan fingerprint density at radius 2 is 2.07 bits per heavy atom. The molecule has 0 saturated carbocycles. The van der Waals surface area contributed by atoms with Crippen LogP contribution >= 0.6 is 0 Å². The Morgan fingerprint density at radius 1 is 1.50 bits per heavy atom. The van der Waals surface area contributed by atoms with Gasteiger partial charge >= 0.3 is 0 Å². The van der Waals surface area contributed by atoms with Gasteiger partial charge in [-0.3, -0.25) is 9.69 Å². The number of fused-ring (bicyclic) bond motifs is 1. The number of carbonyl (C=O) groups excluding carboxylic acids is 1. The molecule has 0 aromatic carbocycles. The molecule has 0 bridgehead atoms. The van der Waals surface area contributed by atoms with Crippen molar-refractivity contribution in [2.75, 3.05) is 6.26 Å². The van der Waals surface area contributed by atoms with E-state index >= 15 is 0 Å². The third-order valence-electron chi connectivity index (χ3n) is 2.92. The normalized spacial score (nSPS) is 29.6. The third-order valence-corrected chi connectivity index (χ3v) is 3.99. The van der Waals surface area contributed by atoms with Crippen LogP contribution in [0.3, 0.4) is 0 Å². The molecule has 1 atom stereocenters. The zero-order valence-electron chi connectivity index (χ0n) is 8.44. The molecule has 4 nitrogen and oxygen atoms in total. The Hall–Kier alpha value is -0.840. The number of β-lactam (4-membered cyclic amide) rings is 1. The quantitative estimate of drug-likeness (QED) is 0.599. The van der Waals surface area contributed by atoms with Crippen LogP contribution < -0.4 is 0 Å². The Morgan fingerprint density at radius 3 is 2.43 bits per heavy atom. The standard InChI is InChI=1S/C9H13NO3S/c1-9(2)5-8(14(3,12)13)10-6(9)4-7(10)11/h5-6H,4H2,1-3H3. The fraction of sp³-hybridized carbons (Fsp3) is 0.667. The number of sulfone groups is 1. The van der Waals surface area contributed by atoms with Crippen LogP contribution in [0.5, 0.6) is 0 Å². The van der Waals surface area contributed by atoms with Gasteiger partial charge in [0.1, 0.15) is 5.03 Å². The van der Waals surface area contributed by atoms with E-state index in [9.17, 15) is 13.2 Å². The lowest BCUT2D eigenvalue weighted by Gasteiger charge is -2.41. The monoisotopic (exact) mass is 215 g/mol. The number of hydrogen-bond acceptors (Lipinski definition) is 3. The molecule has 1 unspecified atom stereocenters. The van der Waals surface area contributed by atoms with Gasteiger partial charge in [-0.05, 0) is 6.08 Å². The van der Waals surface area contributed by atoms with E-state index in [2.05, 4.69) is 0 Å². The number of amides is 1. The Labute approximate surface area is 83.5 Å². The summed E-state index contributed by atoms with van der Waals surface area (Å²) in [5.74, 6) is -0.0859. The maximum atomic E-state index is 11.4. The van der Waals surface area contributed by atoms with Crippen molar-refractivity contribution in [3.63, 3.8) is 0 Å². The molecule has 1 fully saturated rings. The lowest BCUT2D eigenvalue weighted by atomic mass is 9.81. The topological polar surface area (TPSA) is 54.5 Å².